The van der Waals surface area contributed by atoms with E-state index >= 15 is 0 Å². The van der Waals surface area contributed by atoms with E-state index in [2.05, 4.69) is 20.8 Å². The van der Waals surface area contributed by atoms with E-state index in [4.69, 9.17) is 4.74 Å². The van der Waals surface area contributed by atoms with Crippen LogP contribution in [0.25, 0.3) is 0 Å². The molecule has 0 radical (unpaired) electrons. The summed E-state index contributed by atoms with van der Waals surface area (Å²) in [5.41, 5.74) is 0.137. The van der Waals surface area contributed by atoms with Gasteiger partial charge < -0.3 is 9.84 Å². The molecule has 0 saturated heterocycles. The van der Waals surface area contributed by atoms with Gasteiger partial charge in [-0.3, -0.25) is 0 Å². The molecule has 0 spiro atoms. The first-order valence-corrected chi connectivity index (χ1v) is 11.0. The summed E-state index contributed by atoms with van der Waals surface area (Å²) in [4.78, 5) is 23.8. The number of carboxylic acids is 1. The van der Waals surface area contributed by atoms with Crippen molar-refractivity contribution in [3.63, 3.8) is 0 Å². The molecule has 1 atom stereocenters. The van der Waals surface area contributed by atoms with Gasteiger partial charge in [-0.25, -0.2) is 9.59 Å². The van der Waals surface area contributed by atoms with Crippen molar-refractivity contribution >= 4 is 11.9 Å². The summed E-state index contributed by atoms with van der Waals surface area (Å²) in [5, 5.41) is 9.25. The summed E-state index contributed by atoms with van der Waals surface area (Å²) < 4.78 is 5.65. The summed E-state index contributed by atoms with van der Waals surface area (Å²) in [7, 11) is 0. The van der Waals surface area contributed by atoms with Gasteiger partial charge in [-0.15, -0.1) is 0 Å². The molecular formula is C24H38O4. The number of hydrogen-bond acceptors (Lipinski definition) is 3. The minimum Gasteiger partial charge on any atom is -0.478 e. The van der Waals surface area contributed by atoms with Gasteiger partial charge in [0.25, 0.3) is 0 Å². The van der Waals surface area contributed by atoms with Crippen LogP contribution < -0.4 is 0 Å². The van der Waals surface area contributed by atoms with E-state index in [0.717, 1.165) is 38.0 Å². The van der Waals surface area contributed by atoms with E-state index in [1.54, 1.807) is 12.1 Å². The lowest BCUT2D eigenvalue weighted by atomic mass is 10.0. The van der Waals surface area contributed by atoms with Crippen molar-refractivity contribution in [3.05, 3.63) is 35.4 Å². The van der Waals surface area contributed by atoms with Crippen LogP contribution in [-0.4, -0.2) is 23.1 Å². The van der Waals surface area contributed by atoms with Crippen LogP contribution in [0.15, 0.2) is 24.3 Å². The quantitative estimate of drug-likeness (QED) is 0.262. The summed E-state index contributed by atoms with van der Waals surface area (Å²) in [6.45, 7) is 6.63. The van der Waals surface area contributed by atoms with Crippen LogP contribution in [0.4, 0.5) is 0 Å². The predicted molar refractivity (Wildman–Crippen MR) is 114 cm³/mol. The lowest BCUT2D eigenvalue weighted by Crippen LogP contribution is -2.20. The van der Waals surface area contributed by atoms with Gasteiger partial charge in [0.15, 0.2) is 0 Å². The fourth-order valence-corrected chi connectivity index (χ4v) is 3.46. The molecule has 4 heteroatoms. The lowest BCUT2D eigenvalue weighted by molar-refractivity contribution is 0.0248. The molecule has 1 aromatic carbocycles. The Morgan fingerprint density at radius 3 is 1.93 bits per heavy atom. The monoisotopic (exact) mass is 390 g/mol. The third kappa shape index (κ3) is 9.91. The number of benzene rings is 1. The zero-order valence-electron chi connectivity index (χ0n) is 17.9. The number of aromatic carboxylic acids is 1. The van der Waals surface area contributed by atoms with Gasteiger partial charge in [0.2, 0.25) is 0 Å². The van der Waals surface area contributed by atoms with Crippen LogP contribution in [0.2, 0.25) is 0 Å². The highest BCUT2D eigenvalue weighted by Gasteiger charge is 2.20. The minimum absolute atomic E-state index is 0.000199. The van der Waals surface area contributed by atoms with Crippen molar-refractivity contribution in [1.29, 1.82) is 0 Å². The molecule has 0 aliphatic rings. The number of carbonyl (C=O) groups excluding carboxylic acids is 1. The van der Waals surface area contributed by atoms with E-state index in [1.165, 1.54) is 50.7 Å². The van der Waals surface area contributed by atoms with Crippen molar-refractivity contribution in [2.45, 2.75) is 97.5 Å². The van der Waals surface area contributed by atoms with Crippen LogP contribution in [0.1, 0.15) is 112 Å². The maximum absolute atomic E-state index is 12.5. The predicted octanol–water partition coefficient (Wildman–Crippen LogP) is 6.88. The molecule has 0 saturated carbocycles. The third-order valence-electron chi connectivity index (χ3n) is 5.07. The second-order valence-corrected chi connectivity index (χ2v) is 8.11. The van der Waals surface area contributed by atoms with Gasteiger partial charge in [-0.2, -0.15) is 0 Å². The number of carbonyl (C=O) groups is 2. The Kier molecular flexibility index (Phi) is 12.3. The van der Waals surface area contributed by atoms with E-state index in [1.807, 2.05) is 0 Å². The van der Waals surface area contributed by atoms with Crippen LogP contribution in [0.3, 0.4) is 0 Å². The van der Waals surface area contributed by atoms with Gasteiger partial charge in [0.05, 0.1) is 11.1 Å². The highest BCUT2D eigenvalue weighted by Crippen LogP contribution is 2.18. The molecule has 0 aliphatic carbocycles. The zero-order valence-corrected chi connectivity index (χ0v) is 17.9. The Morgan fingerprint density at radius 1 is 0.857 bits per heavy atom. The lowest BCUT2D eigenvalue weighted by Gasteiger charge is -2.18. The van der Waals surface area contributed by atoms with Gasteiger partial charge in [-0.1, -0.05) is 84.3 Å². The highest BCUT2D eigenvalue weighted by atomic mass is 16.5. The van der Waals surface area contributed by atoms with Crippen LogP contribution in [0.5, 0.6) is 0 Å². The maximum Gasteiger partial charge on any atom is 0.339 e. The van der Waals surface area contributed by atoms with Crippen molar-refractivity contribution in [2.24, 2.45) is 5.92 Å². The molecule has 1 N–H and O–H groups in total. The second kappa shape index (κ2) is 14.2. The summed E-state index contributed by atoms with van der Waals surface area (Å²) in [6.07, 6.45) is 12.5. The number of carboxylic acid groups (broad SMARTS) is 1. The smallest absolute Gasteiger partial charge is 0.339 e. The number of hydrogen-bond donors (Lipinski definition) is 1. The summed E-state index contributed by atoms with van der Waals surface area (Å²) in [6, 6.07) is 6.24. The Hall–Kier alpha value is -1.84. The van der Waals surface area contributed by atoms with E-state index in [9.17, 15) is 14.7 Å². The van der Waals surface area contributed by atoms with Crippen LogP contribution in [-0.2, 0) is 4.74 Å². The third-order valence-corrected chi connectivity index (χ3v) is 5.07. The molecule has 0 aliphatic heterocycles. The standard InChI is InChI=1S/C24H38O4/c1-4-14-20(16-11-9-7-5-6-8-10-15-19(2)3)28-24(27)22-18-13-12-17-21(22)23(25)26/h12-13,17-20H,4-11,14-16H2,1-3H3,(H,25,26). The molecule has 28 heavy (non-hydrogen) atoms. The molecule has 0 amide bonds. The Morgan fingerprint density at radius 2 is 1.39 bits per heavy atom. The second-order valence-electron chi connectivity index (χ2n) is 8.11. The summed E-state index contributed by atoms with van der Waals surface area (Å²) in [5.74, 6) is -0.824. The molecule has 0 bridgehead atoms. The number of rotatable bonds is 15. The Balaban J connectivity index is 2.33. The van der Waals surface area contributed by atoms with Crippen LogP contribution in [0, 0.1) is 5.92 Å². The SMILES string of the molecule is CCCC(CCCCCCCCCC(C)C)OC(=O)c1ccccc1C(=O)O. The van der Waals surface area contributed by atoms with Crippen molar-refractivity contribution in [1.82, 2.24) is 0 Å². The van der Waals surface area contributed by atoms with Gasteiger partial charge in [0, 0.05) is 0 Å². The van der Waals surface area contributed by atoms with Gasteiger partial charge in [-0.05, 0) is 37.3 Å². The minimum atomic E-state index is -1.10. The first-order valence-electron chi connectivity index (χ1n) is 11.0. The van der Waals surface area contributed by atoms with Crippen molar-refractivity contribution in [3.8, 4) is 0 Å². The van der Waals surface area contributed by atoms with Crippen LogP contribution >= 0.6 is 0 Å². The number of unbranched alkanes of at least 4 members (excludes halogenated alkanes) is 6. The first kappa shape index (κ1) is 24.2. The molecule has 1 aromatic rings. The van der Waals surface area contributed by atoms with E-state index in [0.29, 0.717) is 0 Å². The molecule has 0 aromatic heterocycles. The molecule has 1 unspecified atom stereocenters. The fraction of sp³-hybridized carbons (Fsp3) is 0.667. The van der Waals surface area contributed by atoms with E-state index in [-0.39, 0.29) is 17.2 Å². The molecule has 0 fully saturated rings. The largest absolute Gasteiger partial charge is 0.478 e. The van der Waals surface area contributed by atoms with Crippen molar-refractivity contribution < 1.29 is 19.4 Å². The fourth-order valence-electron chi connectivity index (χ4n) is 3.46. The molecule has 4 nitrogen and oxygen atoms in total. The summed E-state index contributed by atoms with van der Waals surface area (Å²) >= 11 is 0. The molecule has 1 rings (SSSR count). The van der Waals surface area contributed by atoms with Gasteiger partial charge >= 0.3 is 11.9 Å². The highest BCUT2D eigenvalue weighted by molar-refractivity contribution is 6.02. The average molecular weight is 391 g/mol. The molecule has 0 heterocycles. The topological polar surface area (TPSA) is 63.6 Å². The number of esters is 1. The zero-order chi connectivity index (χ0) is 20.8. The Bertz CT molecular complexity index is 580. The maximum atomic E-state index is 12.5. The molecular weight excluding hydrogens is 352 g/mol. The van der Waals surface area contributed by atoms with E-state index < -0.39 is 11.9 Å². The average Bonchev–Trinajstić information content (AvgIpc) is 2.66. The van der Waals surface area contributed by atoms with Crippen molar-refractivity contribution in [2.75, 3.05) is 0 Å². The number of ether oxygens (including phenoxy) is 1. The Labute approximate surface area is 170 Å². The normalized spacial score (nSPS) is 12.1. The van der Waals surface area contributed by atoms with Gasteiger partial charge in [0.1, 0.15) is 6.10 Å². The molecule has 158 valence electrons. The first-order chi connectivity index (χ1) is 13.5.